The molecule has 6 heteroatoms. The number of amides is 1. The van der Waals surface area contributed by atoms with E-state index in [0.717, 1.165) is 16.3 Å². The predicted octanol–water partition coefficient (Wildman–Crippen LogP) is 4.09. The van der Waals surface area contributed by atoms with E-state index < -0.39 is 4.92 Å². The van der Waals surface area contributed by atoms with E-state index in [1.54, 1.807) is 13.0 Å². The van der Waals surface area contributed by atoms with Gasteiger partial charge < -0.3 is 10.2 Å². The number of aryl methyl sites for hydroxylation is 1. The minimum atomic E-state index is -0.445. The maximum Gasteiger partial charge on any atom is 0.272 e. The van der Waals surface area contributed by atoms with Gasteiger partial charge in [-0.2, -0.15) is 0 Å². The Morgan fingerprint density at radius 2 is 1.82 bits per heavy atom. The molecule has 0 radical (unpaired) electrons. The standard InChI is InChI=1S/C22H23N3O3/c1-15-13-17(11-12-20(15)25(27)28)22(26)23-14-21(24(2)3)19-10-6-8-16-7-4-5-9-18(16)19/h4-13,21H,14H2,1-3H3,(H,23,26)/t21-/m1/s1. The van der Waals surface area contributed by atoms with Gasteiger partial charge in [-0.05, 0) is 49.5 Å². The first kappa shape index (κ1) is 19.5. The Hall–Kier alpha value is -3.25. The number of fused-ring (bicyclic) bond motifs is 1. The Kier molecular flexibility index (Phi) is 5.70. The van der Waals surface area contributed by atoms with Gasteiger partial charge in [-0.15, -0.1) is 0 Å². The first-order chi connectivity index (χ1) is 13.4. The van der Waals surface area contributed by atoms with Gasteiger partial charge in [-0.25, -0.2) is 0 Å². The normalized spacial score (nSPS) is 12.1. The van der Waals surface area contributed by atoms with Crippen LogP contribution < -0.4 is 5.32 Å². The Morgan fingerprint density at radius 3 is 2.50 bits per heavy atom. The molecule has 3 rings (SSSR count). The molecule has 3 aromatic rings. The van der Waals surface area contributed by atoms with Crippen LogP contribution in [0.15, 0.2) is 60.7 Å². The van der Waals surface area contributed by atoms with Crippen molar-refractivity contribution in [2.45, 2.75) is 13.0 Å². The lowest BCUT2D eigenvalue weighted by Gasteiger charge is -2.26. The highest BCUT2D eigenvalue weighted by molar-refractivity contribution is 5.94. The van der Waals surface area contributed by atoms with Crippen LogP contribution >= 0.6 is 0 Å². The Labute approximate surface area is 163 Å². The van der Waals surface area contributed by atoms with E-state index in [2.05, 4.69) is 34.5 Å². The summed E-state index contributed by atoms with van der Waals surface area (Å²) in [6.07, 6.45) is 0. The van der Waals surface area contributed by atoms with Crippen molar-refractivity contribution in [3.8, 4) is 0 Å². The summed E-state index contributed by atoms with van der Waals surface area (Å²) in [5.74, 6) is -0.245. The number of likely N-dealkylation sites (N-methyl/N-ethyl adjacent to an activating group) is 1. The number of carbonyl (C=O) groups excluding carboxylic acids is 1. The average Bonchev–Trinajstić information content (AvgIpc) is 2.67. The van der Waals surface area contributed by atoms with Crippen molar-refractivity contribution in [1.82, 2.24) is 10.2 Å². The van der Waals surface area contributed by atoms with Crippen molar-refractivity contribution >= 4 is 22.4 Å². The second-order valence-corrected chi connectivity index (χ2v) is 7.02. The molecule has 3 aromatic carbocycles. The fraction of sp³-hybridized carbons (Fsp3) is 0.227. The molecule has 0 saturated heterocycles. The summed E-state index contributed by atoms with van der Waals surface area (Å²) in [4.78, 5) is 25.2. The van der Waals surface area contributed by atoms with E-state index in [1.807, 2.05) is 32.3 Å². The summed E-state index contributed by atoms with van der Waals surface area (Å²) in [6.45, 7) is 2.06. The molecule has 0 aliphatic carbocycles. The quantitative estimate of drug-likeness (QED) is 0.519. The van der Waals surface area contributed by atoms with Crippen LogP contribution in [0.4, 0.5) is 5.69 Å². The number of nitrogens with one attached hydrogen (secondary N) is 1. The third-order valence-electron chi connectivity index (χ3n) is 4.92. The molecule has 0 unspecified atom stereocenters. The molecule has 0 bridgehead atoms. The number of carbonyl (C=O) groups is 1. The van der Waals surface area contributed by atoms with E-state index in [4.69, 9.17) is 0 Å². The van der Waals surface area contributed by atoms with Crippen LogP contribution in [-0.2, 0) is 0 Å². The summed E-state index contributed by atoms with van der Waals surface area (Å²) in [5.41, 5.74) is 2.04. The third kappa shape index (κ3) is 4.02. The zero-order valence-corrected chi connectivity index (χ0v) is 16.2. The van der Waals surface area contributed by atoms with Gasteiger partial charge in [0.25, 0.3) is 11.6 Å². The summed E-state index contributed by atoms with van der Waals surface area (Å²) >= 11 is 0. The zero-order chi connectivity index (χ0) is 20.3. The van der Waals surface area contributed by atoms with E-state index >= 15 is 0 Å². The summed E-state index contributed by atoms with van der Waals surface area (Å²) in [7, 11) is 3.96. The largest absolute Gasteiger partial charge is 0.350 e. The van der Waals surface area contributed by atoms with E-state index in [-0.39, 0.29) is 17.6 Å². The molecule has 1 atom stereocenters. The lowest BCUT2D eigenvalue weighted by Crippen LogP contribution is -2.34. The minimum absolute atomic E-state index is 0.00537. The van der Waals surface area contributed by atoms with Crippen LogP contribution in [0, 0.1) is 17.0 Å². The van der Waals surface area contributed by atoms with Gasteiger partial charge in [0.15, 0.2) is 0 Å². The predicted molar refractivity (Wildman–Crippen MR) is 111 cm³/mol. The van der Waals surface area contributed by atoms with Crippen LogP contribution in [-0.4, -0.2) is 36.4 Å². The zero-order valence-electron chi connectivity index (χ0n) is 16.2. The van der Waals surface area contributed by atoms with Crippen LogP contribution in [0.2, 0.25) is 0 Å². The molecule has 0 saturated carbocycles. The smallest absolute Gasteiger partial charge is 0.272 e. The van der Waals surface area contributed by atoms with Gasteiger partial charge in [0, 0.05) is 23.7 Å². The first-order valence-corrected chi connectivity index (χ1v) is 9.06. The topological polar surface area (TPSA) is 75.5 Å². The molecular weight excluding hydrogens is 354 g/mol. The number of hydrogen-bond donors (Lipinski definition) is 1. The van der Waals surface area contributed by atoms with Crippen molar-refractivity contribution < 1.29 is 9.72 Å². The average molecular weight is 377 g/mol. The van der Waals surface area contributed by atoms with Crippen LogP contribution in [0.5, 0.6) is 0 Å². The molecule has 0 heterocycles. The number of benzene rings is 3. The van der Waals surface area contributed by atoms with Crippen molar-refractivity contribution in [3.63, 3.8) is 0 Å². The molecular formula is C22H23N3O3. The highest BCUT2D eigenvalue weighted by atomic mass is 16.6. The maximum atomic E-state index is 12.6. The number of nitrogens with zero attached hydrogens (tertiary/aromatic N) is 2. The van der Waals surface area contributed by atoms with Crippen LogP contribution in [0.25, 0.3) is 10.8 Å². The molecule has 1 amide bonds. The number of rotatable bonds is 6. The molecule has 0 spiro atoms. The van der Waals surface area contributed by atoms with Crippen molar-refractivity contribution in [1.29, 1.82) is 0 Å². The fourth-order valence-corrected chi connectivity index (χ4v) is 3.40. The third-order valence-corrected chi connectivity index (χ3v) is 4.92. The first-order valence-electron chi connectivity index (χ1n) is 9.06. The molecule has 1 N–H and O–H groups in total. The second kappa shape index (κ2) is 8.19. The fourth-order valence-electron chi connectivity index (χ4n) is 3.40. The molecule has 0 fully saturated rings. The monoisotopic (exact) mass is 377 g/mol. The summed E-state index contributed by atoms with van der Waals surface area (Å²) < 4.78 is 0. The van der Waals surface area contributed by atoms with Crippen molar-refractivity contribution in [3.05, 3.63) is 87.5 Å². The van der Waals surface area contributed by atoms with E-state index in [9.17, 15) is 14.9 Å². The summed E-state index contributed by atoms with van der Waals surface area (Å²) in [6, 6.07) is 18.8. The van der Waals surface area contributed by atoms with Gasteiger partial charge in [-0.1, -0.05) is 42.5 Å². The van der Waals surface area contributed by atoms with Crippen molar-refractivity contribution in [2.75, 3.05) is 20.6 Å². The lowest BCUT2D eigenvalue weighted by atomic mass is 9.98. The van der Waals surface area contributed by atoms with Gasteiger partial charge >= 0.3 is 0 Å². The Bertz CT molecular complexity index is 1030. The van der Waals surface area contributed by atoms with E-state index in [0.29, 0.717) is 17.7 Å². The highest BCUT2D eigenvalue weighted by Gasteiger charge is 2.19. The summed E-state index contributed by atoms with van der Waals surface area (Å²) in [5, 5.41) is 16.2. The van der Waals surface area contributed by atoms with Gasteiger partial charge in [0.2, 0.25) is 0 Å². The van der Waals surface area contributed by atoms with E-state index in [1.165, 1.54) is 12.1 Å². The molecule has 6 nitrogen and oxygen atoms in total. The SMILES string of the molecule is Cc1cc(C(=O)NC[C@H](c2cccc3ccccc23)N(C)C)ccc1[N+](=O)[O-]. The highest BCUT2D eigenvalue weighted by Crippen LogP contribution is 2.27. The van der Waals surface area contributed by atoms with Crippen LogP contribution in [0.3, 0.4) is 0 Å². The molecule has 0 aliphatic heterocycles. The number of nitro benzene ring substituents is 1. The number of hydrogen-bond acceptors (Lipinski definition) is 4. The van der Waals surface area contributed by atoms with Crippen LogP contribution in [0.1, 0.15) is 27.5 Å². The Balaban J connectivity index is 1.81. The number of nitro groups is 1. The van der Waals surface area contributed by atoms with Gasteiger partial charge in [0.05, 0.1) is 11.0 Å². The van der Waals surface area contributed by atoms with Gasteiger partial charge in [-0.3, -0.25) is 14.9 Å². The van der Waals surface area contributed by atoms with Crippen molar-refractivity contribution in [2.24, 2.45) is 0 Å². The molecule has 144 valence electrons. The molecule has 28 heavy (non-hydrogen) atoms. The lowest BCUT2D eigenvalue weighted by molar-refractivity contribution is -0.385. The Morgan fingerprint density at radius 1 is 1.11 bits per heavy atom. The second-order valence-electron chi connectivity index (χ2n) is 7.02. The minimum Gasteiger partial charge on any atom is -0.350 e. The molecule has 0 aliphatic rings. The molecule has 0 aromatic heterocycles. The van der Waals surface area contributed by atoms with Gasteiger partial charge in [0.1, 0.15) is 0 Å². The maximum absolute atomic E-state index is 12.6.